The molecule has 2 rings (SSSR count). The molecule has 24 heavy (non-hydrogen) atoms. The first kappa shape index (κ1) is 17.9. The van der Waals surface area contributed by atoms with Crippen molar-refractivity contribution in [1.29, 1.82) is 0 Å². The molecule has 0 fully saturated rings. The zero-order valence-corrected chi connectivity index (χ0v) is 13.4. The third kappa shape index (κ3) is 4.76. The minimum Gasteiger partial charge on any atom is -0.386 e. The first-order chi connectivity index (χ1) is 11.4. The highest BCUT2D eigenvalue weighted by Crippen LogP contribution is 2.23. The zero-order chi connectivity index (χ0) is 17.7. The normalized spacial score (nSPS) is 12.0. The van der Waals surface area contributed by atoms with Gasteiger partial charge in [-0.2, -0.15) is 0 Å². The summed E-state index contributed by atoms with van der Waals surface area (Å²) in [7, 11) is 0. The molecular formula is C18H20F2N2O2. The van der Waals surface area contributed by atoms with E-state index in [1.165, 1.54) is 6.07 Å². The Hall–Kier alpha value is -2.47. The number of amides is 1. The van der Waals surface area contributed by atoms with E-state index in [9.17, 15) is 18.7 Å². The third-order valence-corrected chi connectivity index (χ3v) is 3.71. The van der Waals surface area contributed by atoms with Crippen molar-refractivity contribution >= 4 is 11.6 Å². The molecule has 0 aromatic heterocycles. The van der Waals surface area contributed by atoms with E-state index in [1.54, 1.807) is 4.90 Å². The van der Waals surface area contributed by atoms with Gasteiger partial charge in [0.2, 0.25) is 5.91 Å². The fraction of sp³-hybridized carbons (Fsp3) is 0.278. The van der Waals surface area contributed by atoms with Crippen LogP contribution in [0.25, 0.3) is 0 Å². The second-order valence-corrected chi connectivity index (χ2v) is 5.68. The number of hydrogen-bond donors (Lipinski definition) is 2. The minimum absolute atomic E-state index is 0.00753. The SMILES string of the molecule is Cc1cccc(N(CCC(N)=O)CC(O)c2ccc(F)cc2F)c1. The summed E-state index contributed by atoms with van der Waals surface area (Å²) in [6, 6.07) is 10.6. The number of benzene rings is 2. The van der Waals surface area contributed by atoms with Crippen molar-refractivity contribution in [2.24, 2.45) is 5.73 Å². The van der Waals surface area contributed by atoms with E-state index in [2.05, 4.69) is 0 Å². The van der Waals surface area contributed by atoms with Crippen LogP contribution in [-0.4, -0.2) is 24.1 Å². The van der Waals surface area contributed by atoms with Gasteiger partial charge in [0.25, 0.3) is 0 Å². The van der Waals surface area contributed by atoms with Gasteiger partial charge in [0.05, 0.1) is 6.10 Å². The largest absolute Gasteiger partial charge is 0.386 e. The molecular weight excluding hydrogens is 314 g/mol. The molecule has 0 spiro atoms. The molecule has 1 amide bonds. The predicted molar refractivity (Wildman–Crippen MR) is 88.5 cm³/mol. The molecule has 0 aliphatic rings. The number of nitrogens with two attached hydrogens (primary N) is 1. The topological polar surface area (TPSA) is 66.6 Å². The molecule has 0 saturated carbocycles. The van der Waals surface area contributed by atoms with Crippen molar-refractivity contribution in [3.05, 3.63) is 65.2 Å². The first-order valence-corrected chi connectivity index (χ1v) is 7.59. The first-order valence-electron chi connectivity index (χ1n) is 7.59. The Morgan fingerprint density at radius 3 is 2.62 bits per heavy atom. The molecule has 0 bridgehead atoms. The number of aryl methyl sites for hydroxylation is 1. The lowest BCUT2D eigenvalue weighted by atomic mass is 10.1. The van der Waals surface area contributed by atoms with Gasteiger partial charge < -0.3 is 15.7 Å². The Kier molecular flexibility index (Phi) is 5.87. The Morgan fingerprint density at radius 1 is 1.25 bits per heavy atom. The van der Waals surface area contributed by atoms with Gasteiger partial charge in [0, 0.05) is 36.8 Å². The molecule has 6 heteroatoms. The van der Waals surface area contributed by atoms with Gasteiger partial charge in [-0.15, -0.1) is 0 Å². The van der Waals surface area contributed by atoms with Crippen molar-refractivity contribution in [2.75, 3.05) is 18.0 Å². The molecule has 2 aromatic rings. The monoisotopic (exact) mass is 334 g/mol. The van der Waals surface area contributed by atoms with E-state index in [4.69, 9.17) is 5.73 Å². The molecule has 1 unspecified atom stereocenters. The molecule has 4 nitrogen and oxygen atoms in total. The van der Waals surface area contributed by atoms with Crippen LogP contribution >= 0.6 is 0 Å². The van der Waals surface area contributed by atoms with Crippen molar-refractivity contribution in [2.45, 2.75) is 19.4 Å². The van der Waals surface area contributed by atoms with Crippen LogP contribution in [0.1, 0.15) is 23.7 Å². The minimum atomic E-state index is -1.17. The average molecular weight is 334 g/mol. The summed E-state index contributed by atoms with van der Waals surface area (Å²) in [5.74, 6) is -1.97. The number of hydrogen-bond acceptors (Lipinski definition) is 3. The van der Waals surface area contributed by atoms with E-state index in [0.717, 1.165) is 23.4 Å². The van der Waals surface area contributed by atoms with Crippen LogP contribution in [0.4, 0.5) is 14.5 Å². The Morgan fingerprint density at radius 2 is 2.00 bits per heavy atom. The number of nitrogens with zero attached hydrogens (tertiary/aromatic N) is 1. The van der Waals surface area contributed by atoms with Crippen molar-refractivity contribution < 1.29 is 18.7 Å². The zero-order valence-electron chi connectivity index (χ0n) is 13.4. The van der Waals surface area contributed by atoms with E-state index >= 15 is 0 Å². The van der Waals surface area contributed by atoms with Crippen molar-refractivity contribution in [3.8, 4) is 0 Å². The molecule has 0 aliphatic carbocycles. The Bertz CT molecular complexity index is 722. The number of carbonyl (C=O) groups excluding carboxylic acids is 1. The molecule has 0 saturated heterocycles. The smallest absolute Gasteiger partial charge is 0.219 e. The van der Waals surface area contributed by atoms with E-state index in [0.29, 0.717) is 6.54 Å². The standard InChI is InChI=1S/C18H20F2N2O2/c1-12-3-2-4-14(9-12)22(8-7-18(21)24)11-17(23)15-6-5-13(19)10-16(15)20/h2-6,9-10,17,23H,7-8,11H2,1H3,(H2,21,24). The maximum absolute atomic E-state index is 13.8. The number of halogens is 2. The van der Waals surface area contributed by atoms with Crippen LogP contribution in [0.3, 0.4) is 0 Å². The van der Waals surface area contributed by atoms with Gasteiger partial charge in [-0.25, -0.2) is 8.78 Å². The van der Waals surface area contributed by atoms with Crippen LogP contribution in [0, 0.1) is 18.6 Å². The third-order valence-electron chi connectivity index (χ3n) is 3.71. The quantitative estimate of drug-likeness (QED) is 0.818. The highest BCUT2D eigenvalue weighted by Gasteiger charge is 2.18. The summed E-state index contributed by atoms with van der Waals surface area (Å²) in [5.41, 5.74) is 7.01. The summed E-state index contributed by atoms with van der Waals surface area (Å²) in [6.45, 7) is 2.27. The van der Waals surface area contributed by atoms with Gasteiger partial charge in [0.15, 0.2) is 0 Å². The van der Waals surface area contributed by atoms with Gasteiger partial charge >= 0.3 is 0 Å². The van der Waals surface area contributed by atoms with E-state index in [1.807, 2.05) is 31.2 Å². The number of carbonyl (C=O) groups is 1. The summed E-state index contributed by atoms with van der Waals surface area (Å²) in [4.78, 5) is 12.8. The molecule has 0 heterocycles. The molecule has 2 aromatic carbocycles. The number of anilines is 1. The molecule has 128 valence electrons. The number of aliphatic hydroxyl groups is 1. The lowest BCUT2D eigenvalue weighted by molar-refractivity contribution is -0.117. The second-order valence-electron chi connectivity index (χ2n) is 5.68. The summed E-state index contributed by atoms with van der Waals surface area (Å²) in [6.07, 6.45) is -1.06. The molecule has 3 N–H and O–H groups in total. The lowest BCUT2D eigenvalue weighted by Crippen LogP contribution is -2.32. The maximum Gasteiger partial charge on any atom is 0.219 e. The summed E-state index contributed by atoms with van der Waals surface area (Å²) in [5, 5.41) is 10.3. The Balaban J connectivity index is 2.21. The highest BCUT2D eigenvalue weighted by atomic mass is 19.1. The van der Waals surface area contributed by atoms with Gasteiger partial charge in [0.1, 0.15) is 11.6 Å². The second kappa shape index (κ2) is 7.88. The fourth-order valence-electron chi connectivity index (χ4n) is 2.47. The molecule has 0 aliphatic heterocycles. The van der Waals surface area contributed by atoms with Gasteiger partial charge in [-0.05, 0) is 30.7 Å². The number of aliphatic hydroxyl groups excluding tert-OH is 1. The van der Waals surface area contributed by atoms with Gasteiger partial charge in [-0.3, -0.25) is 4.79 Å². The molecule has 1 atom stereocenters. The van der Waals surface area contributed by atoms with E-state index in [-0.39, 0.29) is 18.5 Å². The van der Waals surface area contributed by atoms with E-state index < -0.39 is 23.6 Å². The predicted octanol–water partition coefficient (Wildman–Crippen LogP) is 2.69. The Labute approximate surface area is 139 Å². The van der Waals surface area contributed by atoms with Crippen LogP contribution < -0.4 is 10.6 Å². The maximum atomic E-state index is 13.8. The lowest BCUT2D eigenvalue weighted by Gasteiger charge is -2.27. The molecule has 0 radical (unpaired) electrons. The highest BCUT2D eigenvalue weighted by molar-refractivity contribution is 5.74. The summed E-state index contributed by atoms with van der Waals surface area (Å²) >= 11 is 0. The van der Waals surface area contributed by atoms with Crippen LogP contribution in [0.5, 0.6) is 0 Å². The fourth-order valence-corrected chi connectivity index (χ4v) is 2.47. The van der Waals surface area contributed by atoms with Crippen LogP contribution in [0.2, 0.25) is 0 Å². The summed E-state index contributed by atoms with van der Waals surface area (Å²) < 4.78 is 26.8. The average Bonchev–Trinajstić information content (AvgIpc) is 2.51. The number of rotatable bonds is 7. The van der Waals surface area contributed by atoms with Gasteiger partial charge in [-0.1, -0.05) is 18.2 Å². The van der Waals surface area contributed by atoms with Crippen LogP contribution in [-0.2, 0) is 4.79 Å². The number of primary amides is 1. The van der Waals surface area contributed by atoms with Crippen molar-refractivity contribution in [1.82, 2.24) is 0 Å². The van der Waals surface area contributed by atoms with Crippen molar-refractivity contribution in [3.63, 3.8) is 0 Å². The van der Waals surface area contributed by atoms with Crippen LogP contribution in [0.15, 0.2) is 42.5 Å².